The number of aromatic amines is 1. The highest BCUT2D eigenvalue weighted by Gasteiger charge is 2.32. The fourth-order valence-corrected chi connectivity index (χ4v) is 1.56. The van der Waals surface area contributed by atoms with Crippen LogP contribution >= 0.6 is 0 Å². The fraction of sp³-hybridized carbons (Fsp3) is 0.0833. The average Bonchev–Trinajstić information content (AvgIpc) is 2.38. The summed E-state index contributed by atoms with van der Waals surface area (Å²) >= 11 is 0. The van der Waals surface area contributed by atoms with Crippen LogP contribution in [-0.4, -0.2) is 15.9 Å². The highest BCUT2D eigenvalue weighted by molar-refractivity contribution is 5.93. The van der Waals surface area contributed by atoms with Gasteiger partial charge < -0.3 is 10.7 Å². The molecule has 0 aliphatic carbocycles. The Morgan fingerprint density at radius 1 is 1.30 bits per heavy atom. The maximum absolute atomic E-state index is 12.4. The van der Waals surface area contributed by atoms with Crippen molar-refractivity contribution in [2.24, 2.45) is 5.73 Å². The summed E-state index contributed by atoms with van der Waals surface area (Å²) in [5.74, 6) is -0.762. The highest BCUT2D eigenvalue weighted by atomic mass is 19.4. The maximum atomic E-state index is 12.4. The van der Waals surface area contributed by atoms with Crippen molar-refractivity contribution in [2.45, 2.75) is 6.18 Å². The van der Waals surface area contributed by atoms with E-state index in [1.807, 2.05) is 0 Å². The summed E-state index contributed by atoms with van der Waals surface area (Å²) in [6, 6.07) is 3.06. The Labute approximate surface area is 110 Å². The number of hydrogen-bond acceptors (Lipinski definition) is 3. The van der Waals surface area contributed by atoms with Gasteiger partial charge in [-0.2, -0.15) is 13.2 Å². The molecule has 0 saturated carbocycles. The molecule has 0 atom stereocenters. The molecule has 0 unspecified atom stereocenters. The van der Waals surface area contributed by atoms with Gasteiger partial charge in [-0.3, -0.25) is 14.6 Å². The van der Waals surface area contributed by atoms with Gasteiger partial charge in [-0.1, -0.05) is 6.07 Å². The number of pyridine rings is 2. The topological polar surface area (TPSA) is 88.8 Å². The van der Waals surface area contributed by atoms with E-state index >= 15 is 0 Å². The number of H-pyrrole nitrogens is 1. The second-order valence-corrected chi connectivity index (χ2v) is 3.93. The number of nitrogens with one attached hydrogen (secondary N) is 1. The smallest absolute Gasteiger partial charge is 0.366 e. The van der Waals surface area contributed by atoms with Crippen LogP contribution in [0.15, 0.2) is 35.4 Å². The van der Waals surface area contributed by atoms with Gasteiger partial charge in [0.25, 0.3) is 5.56 Å². The SMILES string of the molecule is NC(=O)c1c[nH]c(=O)c(-c2ccc(C(F)(F)F)nc2)c1. The van der Waals surface area contributed by atoms with Crippen LogP contribution in [0.3, 0.4) is 0 Å². The van der Waals surface area contributed by atoms with Gasteiger partial charge in [-0.05, 0) is 12.1 Å². The third kappa shape index (κ3) is 2.68. The number of carbonyl (C=O) groups excluding carboxylic acids is 1. The van der Waals surface area contributed by atoms with Gasteiger partial charge in [-0.15, -0.1) is 0 Å². The summed E-state index contributed by atoms with van der Waals surface area (Å²) < 4.78 is 37.1. The molecule has 104 valence electrons. The zero-order chi connectivity index (χ0) is 14.9. The van der Waals surface area contributed by atoms with E-state index in [2.05, 4.69) is 9.97 Å². The normalized spacial score (nSPS) is 11.3. The Morgan fingerprint density at radius 2 is 2.00 bits per heavy atom. The molecule has 20 heavy (non-hydrogen) atoms. The molecule has 2 aromatic heterocycles. The van der Waals surface area contributed by atoms with Crippen molar-refractivity contribution < 1.29 is 18.0 Å². The predicted octanol–water partition coefficient (Wildman–Crippen LogP) is 1.55. The number of nitrogens with zero attached hydrogens (tertiary/aromatic N) is 1. The summed E-state index contributed by atoms with van der Waals surface area (Å²) in [6.45, 7) is 0. The van der Waals surface area contributed by atoms with Crippen molar-refractivity contribution >= 4 is 5.91 Å². The molecular weight excluding hydrogens is 275 g/mol. The Hall–Kier alpha value is -2.64. The molecule has 5 nitrogen and oxygen atoms in total. The summed E-state index contributed by atoms with van der Waals surface area (Å²) in [7, 11) is 0. The first-order chi connectivity index (χ1) is 9.29. The molecule has 1 amide bonds. The number of rotatable bonds is 2. The van der Waals surface area contributed by atoms with Gasteiger partial charge in [-0.25, -0.2) is 0 Å². The van der Waals surface area contributed by atoms with Crippen LogP contribution in [0.5, 0.6) is 0 Å². The molecule has 3 N–H and O–H groups in total. The molecule has 0 aliphatic heterocycles. The average molecular weight is 283 g/mol. The van der Waals surface area contributed by atoms with E-state index in [0.717, 1.165) is 24.5 Å². The van der Waals surface area contributed by atoms with E-state index in [-0.39, 0.29) is 16.7 Å². The molecule has 2 aromatic rings. The van der Waals surface area contributed by atoms with Crippen LogP contribution in [0.2, 0.25) is 0 Å². The summed E-state index contributed by atoms with van der Waals surface area (Å²) in [5.41, 5.74) is 3.65. The first-order valence-electron chi connectivity index (χ1n) is 5.35. The van der Waals surface area contributed by atoms with E-state index in [9.17, 15) is 22.8 Å². The number of hydrogen-bond donors (Lipinski definition) is 2. The third-order valence-corrected chi connectivity index (χ3v) is 2.55. The monoisotopic (exact) mass is 283 g/mol. The number of alkyl halides is 3. The molecule has 0 spiro atoms. The van der Waals surface area contributed by atoms with Crippen LogP contribution in [0.1, 0.15) is 16.1 Å². The Morgan fingerprint density at radius 3 is 2.50 bits per heavy atom. The molecular formula is C12H8F3N3O2. The number of carbonyl (C=O) groups is 1. The summed E-state index contributed by atoms with van der Waals surface area (Å²) in [5, 5.41) is 0. The van der Waals surface area contributed by atoms with Gasteiger partial charge in [0.2, 0.25) is 5.91 Å². The Balaban J connectivity index is 2.49. The molecule has 0 saturated heterocycles. The molecule has 2 rings (SSSR count). The minimum atomic E-state index is -4.56. The van der Waals surface area contributed by atoms with Crippen molar-refractivity contribution in [1.82, 2.24) is 9.97 Å². The van der Waals surface area contributed by atoms with Crippen LogP contribution in [0.4, 0.5) is 13.2 Å². The van der Waals surface area contributed by atoms with Crippen LogP contribution in [0, 0.1) is 0 Å². The number of nitrogens with two attached hydrogens (primary N) is 1. The van der Waals surface area contributed by atoms with Gasteiger partial charge in [0.05, 0.1) is 5.56 Å². The molecule has 0 bridgehead atoms. The van der Waals surface area contributed by atoms with Gasteiger partial charge >= 0.3 is 6.18 Å². The lowest BCUT2D eigenvalue weighted by Gasteiger charge is -2.06. The lowest BCUT2D eigenvalue weighted by Crippen LogP contribution is -2.16. The first kappa shape index (κ1) is 13.8. The quantitative estimate of drug-likeness (QED) is 0.876. The molecule has 8 heteroatoms. The minimum absolute atomic E-state index is 0.0162. The summed E-state index contributed by atoms with van der Waals surface area (Å²) in [6.07, 6.45) is -2.51. The molecule has 0 fully saturated rings. The van der Waals surface area contributed by atoms with Crippen molar-refractivity contribution in [3.05, 3.63) is 52.2 Å². The van der Waals surface area contributed by atoms with Crippen LogP contribution in [-0.2, 0) is 6.18 Å². The molecule has 2 heterocycles. The summed E-state index contributed by atoms with van der Waals surface area (Å²) in [4.78, 5) is 28.2. The fourth-order valence-electron chi connectivity index (χ4n) is 1.56. The predicted molar refractivity (Wildman–Crippen MR) is 63.8 cm³/mol. The van der Waals surface area contributed by atoms with E-state index < -0.39 is 23.3 Å². The second kappa shape index (κ2) is 4.80. The number of primary amides is 1. The zero-order valence-corrected chi connectivity index (χ0v) is 9.86. The van der Waals surface area contributed by atoms with Crippen molar-refractivity contribution in [3.63, 3.8) is 0 Å². The van der Waals surface area contributed by atoms with E-state index in [1.165, 1.54) is 6.07 Å². The minimum Gasteiger partial charge on any atom is -0.366 e. The second-order valence-electron chi connectivity index (χ2n) is 3.93. The lowest BCUT2D eigenvalue weighted by molar-refractivity contribution is -0.141. The highest BCUT2D eigenvalue weighted by Crippen LogP contribution is 2.28. The third-order valence-electron chi connectivity index (χ3n) is 2.55. The van der Waals surface area contributed by atoms with Gasteiger partial charge in [0.1, 0.15) is 5.69 Å². The van der Waals surface area contributed by atoms with Crippen LogP contribution in [0.25, 0.3) is 11.1 Å². The van der Waals surface area contributed by atoms with E-state index in [0.29, 0.717) is 0 Å². The van der Waals surface area contributed by atoms with Crippen molar-refractivity contribution in [1.29, 1.82) is 0 Å². The number of aromatic nitrogens is 2. The Bertz CT molecular complexity index is 705. The maximum Gasteiger partial charge on any atom is 0.433 e. The van der Waals surface area contributed by atoms with E-state index in [4.69, 9.17) is 5.73 Å². The molecule has 0 aliphatic rings. The standard InChI is InChI=1S/C12H8F3N3O2/c13-12(14,15)9-2-1-6(4-17-9)8-3-7(10(16)19)5-18-11(8)20/h1-5H,(H2,16,19)(H,18,20). The zero-order valence-electron chi connectivity index (χ0n) is 9.86. The van der Waals surface area contributed by atoms with Crippen LogP contribution < -0.4 is 11.3 Å². The number of amides is 1. The molecule has 0 radical (unpaired) electrons. The Kier molecular flexibility index (Phi) is 3.31. The van der Waals surface area contributed by atoms with Crippen molar-refractivity contribution in [3.8, 4) is 11.1 Å². The first-order valence-corrected chi connectivity index (χ1v) is 5.35. The largest absolute Gasteiger partial charge is 0.433 e. The number of halogens is 3. The lowest BCUT2D eigenvalue weighted by atomic mass is 10.1. The molecule has 0 aromatic carbocycles. The van der Waals surface area contributed by atoms with Gasteiger partial charge in [0.15, 0.2) is 0 Å². The van der Waals surface area contributed by atoms with Gasteiger partial charge in [0, 0.05) is 23.5 Å². The van der Waals surface area contributed by atoms with Crippen molar-refractivity contribution in [2.75, 3.05) is 0 Å². The van der Waals surface area contributed by atoms with E-state index in [1.54, 1.807) is 0 Å².